The monoisotopic (exact) mass is 360 g/mol. The van der Waals surface area contributed by atoms with E-state index in [0.29, 0.717) is 11.6 Å². The highest BCUT2D eigenvalue weighted by Crippen LogP contribution is 2.21. The Morgan fingerprint density at radius 1 is 1.50 bits per heavy atom. The van der Waals surface area contributed by atoms with E-state index in [2.05, 4.69) is 4.98 Å². The predicted molar refractivity (Wildman–Crippen MR) is 74.3 cm³/mol. The first-order valence-electron chi connectivity index (χ1n) is 5.39. The molecular formula is C12H13IN2O3. The van der Waals surface area contributed by atoms with Crippen molar-refractivity contribution < 1.29 is 13.9 Å². The van der Waals surface area contributed by atoms with Crippen molar-refractivity contribution in [1.29, 1.82) is 0 Å². The second kappa shape index (κ2) is 4.75. The molecule has 6 heteroatoms. The lowest BCUT2D eigenvalue weighted by Crippen LogP contribution is -2.27. The zero-order chi connectivity index (χ0) is 13.3. The first kappa shape index (κ1) is 13.1. The van der Waals surface area contributed by atoms with Crippen LogP contribution in [-0.4, -0.2) is 21.2 Å². The van der Waals surface area contributed by atoms with Gasteiger partial charge in [0.05, 0.1) is 0 Å². The number of carbonyl (C=O) groups is 1. The van der Waals surface area contributed by atoms with Crippen LogP contribution in [0.5, 0.6) is 0 Å². The third-order valence-electron chi connectivity index (χ3n) is 2.03. The Balaban J connectivity index is 2.31. The minimum Gasteiger partial charge on any atom is -0.443 e. The summed E-state index contributed by atoms with van der Waals surface area (Å²) in [7, 11) is 0. The lowest BCUT2D eigenvalue weighted by molar-refractivity contribution is 0.0539. The van der Waals surface area contributed by atoms with E-state index in [1.165, 1.54) is 10.8 Å². The van der Waals surface area contributed by atoms with Crippen LogP contribution in [0.1, 0.15) is 20.8 Å². The number of aromatic nitrogens is 2. The van der Waals surface area contributed by atoms with Crippen LogP contribution < -0.4 is 0 Å². The summed E-state index contributed by atoms with van der Waals surface area (Å²) in [5.41, 5.74) is 0.0380. The van der Waals surface area contributed by atoms with Gasteiger partial charge < -0.3 is 9.15 Å². The molecule has 0 spiro atoms. The fourth-order valence-electron chi connectivity index (χ4n) is 1.40. The lowest BCUT2D eigenvalue weighted by atomic mass is 10.2. The van der Waals surface area contributed by atoms with E-state index in [0.717, 1.165) is 3.70 Å². The summed E-state index contributed by atoms with van der Waals surface area (Å²) in [6.07, 6.45) is 2.71. The Kier molecular flexibility index (Phi) is 3.47. The molecule has 96 valence electrons. The van der Waals surface area contributed by atoms with E-state index in [4.69, 9.17) is 9.15 Å². The van der Waals surface area contributed by atoms with Crippen molar-refractivity contribution in [1.82, 2.24) is 9.55 Å². The first-order chi connectivity index (χ1) is 8.37. The van der Waals surface area contributed by atoms with E-state index >= 15 is 0 Å². The van der Waals surface area contributed by atoms with Gasteiger partial charge in [0, 0.05) is 6.20 Å². The van der Waals surface area contributed by atoms with Gasteiger partial charge in [0.1, 0.15) is 21.3 Å². The maximum absolute atomic E-state index is 12.0. The SMILES string of the molecule is CC(C)(C)OC(=O)n1cccc1-c1nc(I)co1. The summed E-state index contributed by atoms with van der Waals surface area (Å²) in [4.78, 5) is 16.2. The molecule has 2 heterocycles. The van der Waals surface area contributed by atoms with Gasteiger partial charge in [0.25, 0.3) is 0 Å². The molecule has 0 aliphatic heterocycles. The average molecular weight is 360 g/mol. The fraction of sp³-hybridized carbons (Fsp3) is 0.333. The van der Waals surface area contributed by atoms with Gasteiger partial charge in [-0.2, -0.15) is 0 Å². The van der Waals surface area contributed by atoms with E-state index in [9.17, 15) is 4.79 Å². The smallest absolute Gasteiger partial charge is 0.419 e. The molecular weight excluding hydrogens is 347 g/mol. The molecule has 5 nitrogen and oxygen atoms in total. The van der Waals surface area contributed by atoms with Crippen molar-refractivity contribution in [2.24, 2.45) is 0 Å². The van der Waals surface area contributed by atoms with Gasteiger partial charge in [-0.25, -0.2) is 14.3 Å². The Morgan fingerprint density at radius 3 is 2.78 bits per heavy atom. The van der Waals surface area contributed by atoms with Crippen LogP contribution in [-0.2, 0) is 4.74 Å². The van der Waals surface area contributed by atoms with Crippen LogP contribution in [0.2, 0.25) is 0 Å². The van der Waals surface area contributed by atoms with Gasteiger partial charge >= 0.3 is 6.09 Å². The van der Waals surface area contributed by atoms with Crippen molar-refractivity contribution in [3.63, 3.8) is 0 Å². The summed E-state index contributed by atoms with van der Waals surface area (Å²) in [5.74, 6) is 0.398. The number of rotatable bonds is 1. The van der Waals surface area contributed by atoms with Crippen LogP contribution in [0, 0.1) is 3.70 Å². The molecule has 0 aromatic carbocycles. The Labute approximate surface area is 118 Å². The topological polar surface area (TPSA) is 57.3 Å². The third kappa shape index (κ3) is 2.92. The number of ether oxygens (including phenoxy) is 1. The second-order valence-corrected chi connectivity index (χ2v) is 5.82. The quantitative estimate of drug-likeness (QED) is 0.730. The maximum atomic E-state index is 12.0. The van der Waals surface area contributed by atoms with Crippen molar-refractivity contribution in [2.45, 2.75) is 26.4 Å². The number of oxazole rings is 1. The standard InChI is InChI=1S/C12H13IN2O3/c1-12(2,3)18-11(16)15-6-4-5-8(15)10-14-9(13)7-17-10/h4-7H,1-3H3. The zero-order valence-electron chi connectivity index (χ0n) is 10.3. The number of nitrogens with zero attached hydrogens (tertiary/aromatic N) is 2. The van der Waals surface area contributed by atoms with Crippen LogP contribution in [0.4, 0.5) is 4.79 Å². The van der Waals surface area contributed by atoms with E-state index in [1.807, 2.05) is 43.4 Å². The average Bonchev–Trinajstić information content (AvgIpc) is 2.81. The van der Waals surface area contributed by atoms with Crippen molar-refractivity contribution >= 4 is 28.7 Å². The maximum Gasteiger partial charge on any atom is 0.419 e. The highest BCUT2D eigenvalue weighted by Gasteiger charge is 2.21. The largest absolute Gasteiger partial charge is 0.443 e. The minimum absolute atomic E-state index is 0.398. The van der Waals surface area contributed by atoms with E-state index < -0.39 is 11.7 Å². The highest BCUT2D eigenvalue weighted by molar-refractivity contribution is 14.1. The van der Waals surface area contributed by atoms with Crippen molar-refractivity contribution in [2.75, 3.05) is 0 Å². The van der Waals surface area contributed by atoms with E-state index in [1.54, 1.807) is 18.3 Å². The van der Waals surface area contributed by atoms with E-state index in [-0.39, 0.29) is 0 Å². The zero-order valence-corrected chi connectivity index (χ0v) is 12.5. The Morgan fingerprint density at radius 2 is 2.22 bits per heavy atom. The van der Waals surface area contributed by atoms with Gasteiger partial charge in [-0.15, -0.1) is 0 Å². The number of hydrogen-bond acceptors (Lipinski definition) is 4. The summed E-state index contributed by atoms with van der Waals surface area (Å²) in [6, 6.07) is 3.50. The van der Waals surface area contributed by atoms with Crippen LogP contribution >= 0.6 is 22.6 Å². The molecule has 0 saturated heterocycles. The predicted octanol–water partition coefficient (Wildman–Crippen LogP) is 3.53. The minimum atomic E-state index is -0.538. The van der Waals surface area contributed by atoms with Crippen LogP contribution in [0.15, 0.2) is 29.0 Å². The molecule has 2 aromatic rings. The number of hydrogen-bond donors (Lipinski definition) is 0. The summed E-state index contributed by atoms with van der Waals surface area (Å²) in [5, 5.41) is 0. The van der Waals surface area contributed by atoms with Gasteiger partial charge in [0.2, 0.25) is 5.89 Å². The molecule has 0 radical (unpaired) electrons. The molecule has 2 rings (SSSR count). The molecule has 18 heavy (non-hydrogen) atoms. The molecule has 0 bridgehead atoms. The van der Waals surface area contributed by atoms with Crippen LogP contribution in [0.25, 0.3) is 11.6 Å². The normalized spacial score (nSPS) is 11.6. The summed E-state index contributed by atoms with van der Waals surface area (Å²) >= 11 is 2.05. The van der Waals surface area contributed by atoms with Crippen molar-refractivity contribution in [3.05, 3.63) is 28.3 Å². The Hall–Kier alpha value is -1.31. The van der Waals surface area contributed by atoms with Gasteiger partial charge in [-0.05, 0) is 55.5 Å². The van der Waals surface area contributed by atoms with Crippen LogP contribution in [0.3, 0.4) is 0 Å². The second-order valence-electron chi connectivity index (χ2n) is 4.72. The molecule has 0 aliphatic carbocycles. The molecule has 2 aromatic heterocycles. The Bertz CT molecular complexity index is 566. The first-order valence-corrected chi connectivity index (χ1v) is 6.47. The third-order valence-corrected chi connectivity index (χ3v) is 2.53. The molecule has 0 unspecified atom stereocenters. The molecule has 0 N–H and O–H groups in total. The fourth-order valence-corrected chi connectivity index (χ4v) is 1.74. The molecule has 0 amide bonds. The van der Waals surface area contributed by atoms with Gasteiger partial charge in [0.15, 0.2) is 0 Å². The molecule has 0 saturated carbocycles. The number of carbonyl (C=O) groups excluding carboxylic acids is 1. The summed E-state index contributed by atoms with van der Waals surface area (Å²) in [6.45, 7) is 5.46. The molecule has 0 atom stereocenters. The van der Waals surface area contributed by atoms with Gasteiger partial charge in [-0.3, -0.25) is 0 Å². The highest BCUT2D eigenvalue weighted by atomic mass is 127. The summed E-state index contributed by atoms with van der Waals surface area (Å²) < 4.78 is 12.7. The lowest BCUT2D eigenvalue weighted by Gasteiger charge is -2.20. The molecule has 0 aliphatic rings. The van der Waals surface area contributed by atoms with Crippen molar-refractivity contribution in [3.8, 4) is 11.6 Å². The molecule has 0 fully saturated rings. The van der Waals surface area contributed by atoms with Gasteiger partial charge in [-0.1, -0.05) is 0 Å². The number of halogens is 1.